The molecular formula is C17H20N2O3. The van der Waals surface area contributed by atoms with Crippen LogP contribution in [-0.2, 0) is 4.74 Å². The standard InChI is InChI=1S/C17H20N2O3/c1-3-18-17(20)14-6-9-16(19-12-14)13-4-7-15(8-5-13)22-11-10-21-2/h4-9,12H,3,10-11H2,1-2H3,(H,18,20). The number of carbonyl (C=O) groups is 1. The van der Waals surface area contributed by atoms with Crippen molar-refractivity contribution in [3.05, 3.63) is 48.2 Å². The lowest BCUT2D eigenvalue weighted by Crippen LogP contribution is -2.22. The van der Waals surface area contributed by atoms with Crippen molar-refractivity contribution in [3.8, 4) is 17.0 Å². The summed E-state index contributed by atoms with van der Waals surface area (Å²) in [5, 5.41) is 2.75. The van der Waals surface area contributed by atoms with Crippen LogP contribution in [0, 0.1) is 0 Å². The van der Waals surface area contributed by atoms with Gasteiger partial charge in [-0.3, -0.25) is 9.78 Å². The van der Waals surface area contributed by atoms with Crippen molar-refractivity contribution in [1.82, 2.24) is 10.3 Å². The Morgan fingerprint density at radius 2 is 1.91 bits per heavy atom. The molecule has 1 amide bonds. The Bertz CT molecular complexity index is 594. The summed E-state index contributed by atoms with van der Waals surface area (Å²) in [6, 6.07) is 11.3. The minimum atomic E-state index is -0.108. The van der Waals surface area contributed by atoms with E-state index in [-0.39, 0.29) is 5.91 Å². The van der Waals surface area contributed by atoms with Gasteiger partial charge in [0.05, 0.1) is 17.9 Å². The number of nitrogens with one attached hydrogen (secondary N) is 1. The molecule has 0 fully saturated rings. The molecule has 0 aliphatic carbocycles. The minimum absolute atomic E-state index is 0.108. The minimum Gasteiger partial charge on any atom is -0.491 e. The second kappa shape index (κ2) is 8.14. The van der Waals surface area contributed by atoms with E-state index in [4.69, 9.17) is 9.47 Å². The second-order valence-electron chi connectivity index (χ2n) is 4.66. The SMILES string of the molecule is CCNC(=O)c1ccc(-c2ccc(OCCOC)cc2)nc1. The maximum atomic E-state index is 11.7. The predicted octanol–water partition coefficient (Wildman–Crippen LogP) is 2.52. The first kappa shape index (κ1) is 16.0. The number of ether oxygens (including phenoxy) is 2. The first-order valence-electron chi connectivity index (χ1n) is 7.21. The van der Waals surface area contributed by atoms with Crippen LogP contribution >= 0.6 is 0 Å². The number of hydrogen-bond donors (Lipinski definition) is 1. The van der Waals surface area contributed by atoms with E-state index in [1.165, 1.54) is 0 Å². The van der Waals surface area contributed by atoms with Gasteiger partial charge in [-0.05, 0) is 43.3 Å². The number of nitrogens with zero attached hydrogens (tertiary/aromatic N) is 1. The number of aromatic nitrogens is 1. The Hall–Kier alpha value is -2.40. The van der Waals surface area contributed by atoms with Gasteiger partial charge in [0.1, 0.15) is 12.4 Å². The summed E-state index contributed by atoms with van der Waals surface area (Å²) in [7, 11) is 1.64. The number of rotatable bonds is 7. The van der Waals surface area contributed by atoms with E-state index < -0.39 is 0 Å². The average Bonchev–Trinajstić information content (AvgIpc) is 2.56. The molecule has 5 nitrogen and oxygen atoms in total. The fraction of sp³-hybridized carbons (Fsp3) is 0.294. The molecular weight excluding hydrogens is 280 g/mol. The molecule has 116 valence electrons. The number of benzene rings is 1. The van der Waals surface area contributed by atoms with E-state index in [2.05, 4.69) is 10.3 Å². The summed E-state index contributed by atoms with van der Waals surface area (Å²) in [6.07, 6.45) is 1.59. The highest BCUT2D eigenvalue weighted by Crippen LogP contribution is 2.20. The zero-order chi connectivity index (χ0) is 15.8. The summed E-state index contributed by atoms with van der Waals surface area (Å²) in [4.78, 5) is 16.0. The Labute approximate surface area is 130 Å². The summed E-state index contributed by atoms with van der Waals surface area (Å²) < 4.78 is 10.5. The fourth-order valence-electron chi connectivity index (χ4n) is 1.93. The summed E-state index contributed by atoms with van der Waals surface area (Å²) in [6.45, 7) is 3.57. The zero-order valence-corrected chi connectivity index (χ0v) is 12.8. The van der Waals surface area contributed by atoms with E-state index in [0.717, 1.165) is 17.0 Å². The quantitative estimate of drug-likeness (QED) is 0.798. The summed E-state index contributed by atoms with van der Waals surface area (Å²) >= 11 is 0. The fourth-order valence-corrected chi connectivity index (χ4v) is 1.93. The van der Waals surface area contributed by atoms with Gasteiger partial charge >= 0.3 is 0 Å². The molecule has 0 aliphatic rings. The van der Waals surface area contributed by atoms with Crippen molar-refractivity contribution < 1.29 is 14.3 Å². The number of pyridine rings is 1. The Balaban J connectivity index is 2.03. The average molecular weight is 300 g/mol. The zero-order valence-electron chi connectivity index (χ0n) is 12.8. The van der Waals surface area contributed by atoms with Crippen molar-refractivity contribution in [3.63, 3.8) is 0 Å². The number of carbonyl (C=O) groups excluding carboxylic acids is 1. The molecule has 5 heteroatoms. The maximum absolute atomic E-state index is 11.7. The van der Waals surface area contributed by atoms with Crippen LogP contribution in [0.2, 0.25) is 0 Å². The number of hydrogen-bond acceptors (Lipinski definition) is 4. The van der Waals surface area contributed by atoms with Crippen LogP contribution < -0.4 is 10.1 Å². The van der Waals surface area contributed by atoms with Gasteiger partial charge in [-0.25, -0.2) is 0 Å². The lowest BCUT2D eigenvalue weighted by Gasteiger charge is -2.07. The normalized spacial score (nSPS) is 10.3. The molecule has 22 heavy (non-hydrogen) atoms. The Morgan fingerprint density at radius 1 is 1.14 bits per heavy atom. The first-order chi connectivity index (χ1) is 10.7. The molecule has 0 radical (unpaired) electrons. The largest absolute Gasteiger partial charge is 0.491 e. The highest BCUT2D eigenvalue weighted by molar-refractivity contribution is 5.94. The maximum Gasteiger partial charge on any atom is 0.252 e. The highest BCUT2D eigenvalue weighted by Gasteiger charge is 2.06. The Morgan fingerprint density at radius 3 is 2.50 bits per heavy atom. The van der Waals surface area contributed by atoms with Crippen LogP contribution in [0.3, 0.4) is 0 Å². The van der Waals surface area contributed by atoms with Crippen LogP contribution in [0.1, 0.15) is 17.3 Å². The van der Waals surface area contributed by atoms with E-state index >= 15 is 0 Å². The van der Waals surface area contributed by atoms with E-state index in [1.807, 2.05) is 37.3 Å². The van der Waals surface area contributed by atoms with Crippen LogP contribution in [-0.4, -0.2) is 37.8 Å². The van der Waals surface area contributed by atoms with Crippen molar-refractivity contribution in [1.29, 1.82) is 0 Å². The molecule has 0 unspecified atom stereocenters. The number of amides is 1. The van der Waals surface area contributed by atoms with Crippen molar-refractivity contribution in [2.45, 2.75) is 6.92 Å². The van der Waals surface area contributed by atoms with E-state index in [1.54, 1.807) is 19.4 Å². The smallest absolute Gasteiger partial charge is 0.252 e. The molecule has 0 atom stereocenters. The van der Waals surface area contributed by atoms with E-state index in [9.17, 15) is 4.79 Å². The molecule has 2 aromatic rings. The lowest BCUT2D eigenvalue weighted by atomic mass is 10.1. The first-order valence-corrected chi connectivity index (χ1v) is 7.21. The molecule has 1 N–H and O–H groups in total. The molecule has 0 saturated carbocycles. The lowest BCUT2D eigenvalue weighted by molar-refractivity contribution is 0.0955. The number of methoxy groups -OCH3 is 1. The topological polar surface area (TPSA) is 60.5 Å². The van der Waals surface area contributed by atoms with Crippen LogP contribution in [0.5, 0.6) is 5.75 Å². The second-order valence-corrected chi connectivity index (χ2v) is 4.66. The highest BCUT2D eigenvalue weighted by atomic mass is 16.5. The van der Waals surface area contributed by atoms with Gasteiger partial charge in [-0.2, -0.15) is 0 Å². The van der Waals surface area contributed by atoms with Gasteiger partial charge in [0.25, 0.3) is 5.91 Å². The third kappa shape index (κ3) is 4.30. The van der Waals surface area contributed by atoms with Crippen LogP contribution in [0.4, 0.5) is 0 Å². The predicted molar refractivity (Wildman–Crippen MR) is 85.1 cm³/mol. The molecule has 1 aromatic heterocycles. The third-order valence-corrected chi connectivity index (χ3v) is 3.07. The van der Waals surface area contributed by atoms with Gasteiger partial charge in [-0.15, -0.1) is 0 Å². The molecule has 0 spiro atoms. The Kier molecular flexibility index (Phi) is 5.91. The van der Waals surface area contributed by atoms with Crippen molar-refractivity contribution >= 4 is 5.91 Å². The van der Waals surface area contributed by atoms with Crippen molar-refractivity contribution in [2.75, 3.05) is 26.9 Å². The molecule has 0 bridgehead atoms. The third-order valence-electron chi connectivity index (χ3n) is 3.07. The molecule has 0 aliphatic heterocycles. The summed E-state index contributed by atoms with van der Waals surface area (Å²) in [5.74, 6) is 0.684. The van der Waals surface area contributed by atoms with Gasteiger partial charge < -0.3 is 14.8 Å². The van der Waals surface area contributed by atoms with E-state index in [0.29, 0.717) is 25.3 Å². The molecule has 0 saturated heterocycles. The van der Waals surface area contributed by atoms with Crippen LogP contribution in [0.15, 0.2) is 42.6 Å². The van der Waals surface area contributed by atoms with Gasteiger partial charge in [0.15, 0.2) is 0 Å². The van der Waals surface area contributed by atoms with Gasteiger partial charge in [-0.1, -0.05) is 0 Å². The molecule has 2 rings (SSSR count). The van der Waals surface area contributed by atoms with Crippen molar-refractivity contribution in [2.24, 2.45) is 0 Å². The van der Waals surface area contributed by atoms with Gasteiger partial charge in [0.2, 0.25) is 0 Å². The monoisotopic (exact) mass is 300 g/mol. The van der Waals surface area contributed by atoms with Gasteiger partial charge in [0, 0.05) is 25.4 Å². The molecule has 1 heterocycles. The van der Waals surface area contributed by atoms with Crippen LogP contribution in [0.25, 0.3) is 11.3 Å². The summed E-state index contributed by atoms with van der Waals surface area (Å²) in [5.41, 5.74) is 2.35. The molecule has 1 aromatic carbocycles.